The first kappa shape index (κ1) is 27.3. The third kappa shape index (κ3) is 6.40. The number of allylic oxidation sites excluding steroid dienone is 1. The second-order valence-electron chi connectivity index (χ2n) is 9.97. The van der Waals surface area contributed by atoms with Crippen LogP contribution in [-0.4, -0.2) is 67.7 Å². The number of sulfonamides is 1. The van der Waals surface area contributed by atoms with Gasteiger partial charge in [0.25, 0.3) is 0 Å². The van der Waals surface area contributed by atoms with E-state index in [1.807, 2.05) is 29.2 Å². The summed E-state index contributed by atoms with van der Waals surface area (Å²) in [7, 11) is -3.58. The molecule has 2 saturated heterocycles. The highest BCUT2D eigenvalue weighted by Crippen LogP contribution is 2.32. The maximum atomic E-state index is 14.3. The molecule has 0 bridgehead atoms. The zero-order valence-corrected chi connectivity index (χ0v) is 22.5. The summed E-state index contributed by atoms with van der Waals surface area (Å²) in [6, 6.07) is 17.0. The van der Waals surface area contributed by atoms with Gasteiger partial charge in [-0.1, -0.05) is 54.6 Å². The number of amides is 1. The monoisotopic (exact) mass is 521 g/mol. The van der Waals surface area contributed by atoms with Crippen LogP contribution in [0, 0.1) is 0 Å². The van der Waals surface area contributed by atoms with E-state index >= 15 is 0 Å². The molecule has 0 saturated carbocycles. The van der Waals surface area contributed by atoms with Crippen LogP contribution in [0.5, 0.6) is 0 Å². The van der Waals surface area contributed by atoms with Crippen molar-refractivity contribution in [3.8, 4) is 0 Å². The molecule has 0 aliphatic carbocycles. The molecule has 198 valence electrons. The average Bonchev–Trinajstić information content (AvgIpc) is 3.65. The molecule has 1 amide bonds. The minimum atomic E-state index is -3.58. The molecule has 6 nitrogen and oxygen atoms in total. The van der Waals surface area contributed by atoms with Gasteiger partial charge in [0.1, 0.15) is 0 Å². The van der Waals surface area contributed by atoms with Crippen LogP contribution in [0.15, 0.2) is 84.8 Å². The fraction of sp³-hybridized carbons (Fsp3) is 0.433. The van der Waals surface area contributed by atoms with Gasteiger partial charge in [-0.25, -0.2) is 8.42 Å². The van der Waals surface area contributed by atoms with Crippen LogP contribution >= 0.6 is 0 Å². The third-order valence-electron chi connectivity index (χ3n) is 7.46. The second kappa shape index (κ2) is 12.7. The number of nitrogens with zero attached hydrogens (tertiary/aromatic N) is 3. The number of carbonyl (C=O) groups is 1. The normalized spacial score (nSPS) is 18.4. The Hall–Kier alpha value is -2.74. The summed E-state index contributed by atoms with van der Waals surface area (Å²) in [5.41, 5.74) is 1.79. The van der Waals surface area contributed by atoms with Gasteiger partial charge < -0.3 is 9.80 Å². The molecule has 7 heteroatoms. The number of rotatable bonds is 12. The average molecular weight is 522 g/mol. The van der Waals surface area contributed by atoms with Crippen molar-refractivity contribution in [1.82, 2.24) is 14.1 Å². The second-order valence-corrected chi connectivity index (χ2v) is 11.9. The third-order valence-corrected chi connectivity index (χ3v) is 9.36. The molecule has 2 aromatic carbocycles. The van der Waals surface area contributed by atoms with Crippen molar-refractivity contribution in [2.75, 3.05) is 39.3 Å². The molecule has 2 heterocycles. The highest BCUT2D eigenvalue weighted by molar-refractivity contribution is 7.89. The Kier molecular flexibility index (Phi) is 9.35. The lowest BCUT2D eigenvalue weighted by Crippen LogP contribution is -2.43. The fourth-order valence-electron chi connectivity index (χ4n) is 5.49. The van der Waals surface area contributed by atoms with Crippen LogP contribution in [0.25, 0.3) is 0 Å². The zero-order chi connectivity index (χ0) is 26.3. The van der Waals surface area contributed by atoms with E-state index in [4.69, 9.17) is 0 Å². The molecule has 2 unspecified atom stereocenters. The minimum absolute atomic E-state index is 0.0384. The van der Waals surface area contributed by atoms with Crippen molar-refractivity contribution in [2.24, 2.45) is 0 Å². The highest BCUT2D eigenvalue weighted by Gasteiger charge is 2.33. The van der Waals surface area contributed by atoms with E-state index in [-0.39, 0.29) is 16.8 Å². The van der Waals surface area contributed by atoms with E-state index in [1.54, 1.807) is 34.7 Å². The zero-order valence-electron chi connectivity index (χ0n) is 21.7. The van der Waals surface area contributed by atoms with Crippen molar-refractivity contribution >= 4 is 15.9 Å². The van der Waals surface area contributed by atoms with Crippen molar-refractivity contribution in [3.05, 3.63) is 91.0 Å². The highest BCUT2D eigenvalue weighted by atomic mass is 32.2. The van der Waals surface area contributed by atoms with E-state index in [2.05, 4.69) is 30.2 Å². The van der Waals surface area contributed by atoms with E-state index in [9.17, 15) is 13.2 Å². The van der Waals surface area contributed by atoms with E-state index in [1.165, 1.54) is 12.8 Å². The van der Waals surface area contributed by atoms with Gasteiger partial charge in [-0.3, -0.25) is 4.79 Å². The van der Waals surface area contributed by atoms with Crippen molar-refractivity contribution in [1.29, 1.82) is 0 Å². The molecule has 2 fully saturated rings. The number of carbonyl (C=O) groups excluding carboxylic acids is 1. The molecule has 37 heavy (non-hydrogen) atoms. The summed E-state index contributed by atoms with van der Waals surface area (Å²) in [4.78, 5) is 18.9. The first-order valence-corrected chi connectivity index (χ1v) is 14.8. The standard InChI is InChI=1S/C30H39N3O3S/c1-3-13-28(26-16-12-17-27(23-26)37(35,36)32-21-10-11-22-32)30(34)33(18-4-2)29(24-31-19-8-9-20-31)25-14-6-5-7-15-25/h3-7,12,14-17,23,28-29H,1-2,8-11,13,18-22,24H2. The Morgan fingerprint density at radius 2 is 1.54 bits per heavy atom. The van der Waals surface area contributed by atoms with Crippen LogP contribution in [0.2, 0.25) is 0 Å². The molecule has 0 spiro atoms. The topological polar surface area (TPSA) is 60.9 Å². The molecule has 2 aliphatic rings. The van der Waals surface area contributed by atoms with Gasteiger partial charge in [-0.05, 0) is 68.5 Å². The van der Waals surface area contributed by atoms with Crippen LogP contribution in [0.4, 0.5) is 0 Å². The number of hydrogen-bond donors (Lipinski definition) is 0. The molecule has 0 aromatic heterocycles. The number of hydrogen-bond acceptors (Lipinski definition) is 4. The van der Waals surface area contributed by atoms with Gasteiger partial charge in [0, 0.05) is 26.2 Å². The molecule has 2 aromatic rings. The molecule has 2 aliphatic heterocycles. The number of benzene rings is 2. The van der Waals surface area contributed by atoms with E-state index in [0.29, 0.717) is 31.6 Å². The lowest BCUT2D eigenvalue weighted by Gasteiger charge is -2.36. The lowest BCUT2D eigenvalue weighted by molar-refractivity contribution is -0.135. The van der Waals surface area contributed by atoms with Crippen molar-refractivity contribution in [3.63, 3.8) is 0 Å². The van der Waals surface area contributed by atoms with Gasteiger partial charge in [0.05, 0.1) is 16.9 Å². The summed E-state index contributed by atoms with van der Waals surface area (Å²) in [6.45, 7) is 12.2. The molecule has 0 N–H and O–H groups in total. The van der Waals surface area contributed by atoms with Gasteiger partial charge >= 0.3 is 0 Å². The summed E-state index contributed by atoms with van der Waals surface area (Å²) in [6.07, 6.45) is 8.05. The predicted octanol–water partition coefficient (Wildman–Crippen LogP) is 4.98. The Morgan fingerprint density at radius 1 is 0.892 bits per heavy atom. The molecular formula is C30H39N3O3S. The van der Waals surface area contributed by atoms with Crippen molar-refractivity contribution < 1.29 is 13.2 Å². The predicted molar refractivity (Wildman–Crippen MR) is 149 cm³/mol. The Labute approximate surface area is 222 Å². The van der Waals surface area contributed by atoms with Crippen LogP contribution in [-0.2, 0) is 14.8 Å². The first-order valence-electron chi connectivity index (χ1n) is 13.4. The van der Waals surface area contributed by atoms with E-state index < -0.39 is 15.9 Å². The van der Waals surface area contributed by atoms with Crippen molar-refractivity contribution in [2.45, 2.75) is 49.0 Å². The quantitative estimate of drug-likeness (QED) is 0.370. The molecule has 0 radical (unpaired) electrons. The van der Waals surface area contributed by atoms with Gasteiger partial charge in [-0.15, -0.1) is 13.2 Å². The van der Waals surface area contributed by atoms with E-state index in [0.717, 1.165) is 38.0 Å². The fourth-order valence-corrected chi connectivity index (χ4v) is 7.07. The summed E-state index contributed by atoms with van der Waals surface area (Å²) in [5.74, 6) is -0.570. The maximum Gasteiger partial charge on any atom is 0.243 e. The van der Waals surface area contributed by atoms with Gasteiger partial charge in [0.2, 0.25) is 15.9 Å². The van der Waals surface area contributed by atoms with Crippen LogP contribution in [0.1, 0.15) is 55.2 Å². The van der Waals surface area contributed by atoms with Gasteiger partial charge in [-0.2, -0.15) is 4.31 Å². The number of likely N-dealkylation sites (tertiary alicyclic amines) is 1. The molecular weight excluding hydrogens is 482 g/mol. The Balaban J connectivity index is 1.68. The largest absolute Gasteiger partial charge is 0.330 e. The Morgan fingerprint density at radius 3 is 2.19 bits per heavy atom. The van der Waals surface area contributed by atoms with Gasteiger partial charge in [0.15, 0.2) is 0 Å². The van der Waals surface area contributed by atoms with Crippen LogP contribution in [0.3, 0.4) is 0 Å². The smallest absolute Gasteiger partial charge is 0.243 e. The minimum Gasteiger partial charge on any atom is -0.330 e. The summed E-state index contributed by atoms with van der Waals surface area (Å²) in [5, 5.41) is 0. The Bertz CT molecular complexity index is 1170. The first-order chi connectivity index (χ1) is 18.0. The van der Waals surface area contributed by atoms with Crippen LogP contribution < -0.4 is 0 Å². The lowest BCUT2D eigenvalue weighted by atomic mass is 9.92. The SMILES string of the molecule is C=CCC(C(=O)N(CC=C)C(CN1CCCC1)c1ccccc1)c1cccc(S(=O)(=O)N2CCCC2)c1. The summed E-state index contributed by atoms with van der Waals surface area (Å²) < 4.78 is 28.0. The molecule has 2 atom stereocenters. The summed E-state index contributed by atoms with van der Waals surface area (Å²) >= 11 is 0. The molecule has 4 rings (SSSR count). The maximum absolute atomic E-state index is 14.3.